The maximum Gasteiger partial charge on any atom is 0.0976 e. The van der Waals surface area contributed by atoms with Gasteiger partial charge in [0.15, 0.2) is 0 Å². The van der Waals surface area contributed by atoms with Crippen molar-refractivity contribution >= 4 is 0 Å². The van der Waals surface area contributed by atoms with E-state index in [-0.39, 0.29) is 12.2 Å². The lowest BCUT2D eigenvalue weighted by Gasteiger charge is -2.25. The maximum atomic E-state index is 8.21. The van der Waals surface area contributed by atoms with Gasteiger partial charge in [0.05, 0.1) is 25.4 Å². The molecule has 0 amide bonds. The van der Waals surface area contributed by atoms with Gasteiger partial charge in [0.25, 0.3) is 0 Å². The van der Waals surface area contributed by atoms with E-state index in [1.165, 1.54) is 0 Å². The third-order valence-corrected chi connectivity index (χ3v) is 2.46. The molecule has 82 valence electrons. The topological polar surface area (TPSA) is 21.7 Å². The quantitative estimate of drug-likeness (QED) is 0.635. The Bertz CT molecular complexity index is 251. The molecule has 2 aliphatic rings. The Morgan fingerprint density at radius 1 is 1.21 bits per heavy atom. The molecule has 3 heteroatoms. The summed E-state index contributed by atoms with van der Waals surface area (Å²) in [6, 6.07) is 0. The zero-order chi connectivity index (χ0) is 12.0. The van der Waals surface area contributed by atoms with Crippen molar-refractivity contribution in [3.05, 3.63) is 0 Å². The normalized spacial score (nSPS) is 37.6. The average molecular weight is 201 g/mol. The monoisotopic (exact) mass is 201 g/mol. The van der Waals surface area contributed by atoms with E-state index in [1.54, 1.807) is 0 Å². The highest BCUT2D eigenvalue weighted by Crippen LogP contribution is 2.24. The predicted molar refractivity (Wildman–Crippen MR) is 55.4 cm³/mol. The van der Waals surface area contributed by atoms with E-state index < -0.39 is 11.9 Å². The molecule has 0 aromatic carbocycles. The molecule has 0 radical (unpaired) electrons. The zero-order valence-electron chi connectivity index (χ0n) is 11.2. The molecule has 2 fully saturated rings. The Kier molecular flexibility index (Phi) is 2.19. The lowest BCUT2D eigenvalue weighted by molar-refractivity contribution is -0.116. The summed E-state index contributed by atoms with van der Waals surface area (Å²) in [6.45, 7) is 6.99. The van der Waals surface area contributed by atoms with Crippen molar-refractivity contribution in [1.82, 2.24) is 4.90 Å². The van der Waals surface area contributed by atoms with Gasteiger partial charge in [-0.2, -0.15) is 0 Å². The Morgan fingerprint density at radius 3 is 2.14 bits per heavy atom. The van der Waals surface area contributed by atoms with Crippen molar-refractivity contribution in [1.29, 1.82) is 0 Å². The SMILES string of the molecule is [2H]C([2H])(N1CC2OCCOC2C1)C(C)(C)C. The van der Waals surface area contributed by atoms with E-state index in [2.05, 4.69) is 0 Å². The predicted octanol–water partition coefficient (Wildman–Crippen LogP) is 1.13. The van der Waals surface area contributed by atoms with Crippen molar-refractivity contribution in [2.45, 2.75) is 33.0 Å². The summed E-state index contributed by atoms with van der Waals surface area (Å²) >= 11 is 0. The van der Waals surface area contributed by atoms with Crippen molar-refractivity contribution < 1.29 is 12.2 Å². The van der Waals surface area contributed by atoms with E-state index in [0.717, 1.165) is 0 Å². The third kappa shape index (κ3) is 2.47. The van der Waals surface area contributed by atoms with Crippen LogP contribution in [-0.4, -0.2) is 49.9 Å². The van der Waals surface area contributed by atoms with Crippen molar-refractivity contribution in [2.75, 3.05) is 32.8 Å². The van der Waals surface area contributed by atoms with Gasteiger partial charge in [-0.1, -0.05) is 20.8 Å². The lowest BCUT2D eigenvalue weighted by Crippen LogP contribution is -2.36. The highest BCUT2D eigenvalue weighted by Gasteiger charge is 2.37. The fourth-order valence-electron chi connectivity index (χ4n) is 2.03. The van der Waals surface area contributed by atoms with E-state index >= 15 is 0 Å². The zero-order valence-corrected chi connectivity index (χ0v) is 9.25. The third-order valence-electron chi connectivity index (χ3n) is 2.46. The van der Waals surface area contributed by atoms with Gasteiger partial charge in [0, 0.05) is 22.3 Å². The number of hydrogen-bond donors (Lipinski definition) is 0. The van der Waals surface area contributed by atoms with E-state index in [4.69, 9.17) is 12.2 Å². The second kappa shape index (κ2) is 3.80. The fraction of sp³-hybridized carbons (Fsp3) is 1.00. The van der Waals surface area contributed by atoms with Gasteiger partial charge in [-0.15, -0.1) is 0 Å². The van der Waals surface area contributed by atoms with Crippen LogP contribution in [0.1, 0.15) is 23.5 Å². The molecule has 14 heavy (non-hydrogen) atoms. The first kappa shape index (κ1) is 8.08. The molecule has 2 rings (SSSR count). The average Bonchev–Trinajstić information content (AvgIpc) is 2.59. The van der Waals surface area contributed by atoms with E-state index in [1.807, 2.05) is 25.7 Å². The Labute approximate surface area is 89.2 Å². The molecular weight excluding hydrogens is 178 g/mol. The van der Waals surface area contributed by atoms with Gasteiger partial charge < -0.3 is 9.47 Å². The highest BCUT2D eigenvalue weighted by molar-refractivity contribution is 4.89. The van der Waals surface area contributed by atoms with Gasteiger partial charge in [0.1, 0.15) is 0 Å². The van der Waals surface area contributed by atoms with E-state index in [0.29, 0.717) is 26.3 Å². The molecule has 2 heterocycles. The molecule has 2 unspecified atom stereocenters. The van der Waals surface area contributed by atoms with Crippen LogP contribution in [0.5, 0.6) is 0 Å². The molecule has 0 N–H and O–H groups in total. The standard InChI is InChI=1S/C11H21NO2/c1-11(2,3)8-12-6-9-10(7-12)14-5-4-13-9/h9-10H,4-8H2,1-3H3/i8D2. The van der Waals surface area contributed by atoms with E-state index in [9.17, 15) is 0 Å². The molecule has 3 nitrogen and oxygen atoms in total. The molecule has 2 saturated heterocycles. The number of hydrogen-bond acceptors (Lipinski definition) is 3. The number of rotatable bonds is 1. The van der Waals surface area contributed by atoms with Crippen LogP contribution in [0.25, 0.3) is 0 Å². The van der Waals surface area contributed by atoms with Gasteiger partial charge >= 0.3 is 0 Å². The van der Waals surface area contributed by atoms with Crippen molar-refractivity contribution in [2.24, 2.45) is 5.41 Å². The molecule has 0 aromatic rings. The minimum absolute atomic E-state index is 0.0474. The first-order valence-corrected chi connectivity index (χ1v) is 5.30. The van der Waals surface area contributed by atoms with Crippen LogP contribution < -0.4 is 0 Å². The Balaban J connectivity index is 2.07. The second-order valence-electron chi connectivity index (χ2n) is 5.09. The molecule has 2 atom stereocenters. The number of likely N-dealkylation sites (tertiary alicyclic amines) is 1. The largest absolute Gasteiger partial charge is 0.372 e. The second-order valence-corrected chi connectivity index (χ2v) is 5.09. The summed E-state index contributed by atoms with van der Waals surface area (Å²) in [5.74, 6) is 0. The van der Waals surface area contributed by atoms with Crippen molar-refractivity contribution in [3.8, 4) is 0 Å². The number of ether oxygens (including phenoxy) is 2. The fourth-order valence-corrected chi connectivity index (χ4v) is 2.03. The minimum Gasteiger partial charge on any atom is -0.372 e. The smallest absolute Gasteiger partial charge is 0.0976 e. The van der Waals surface area contributed by atoms with Gasteiger partial charge in [-0.05, 0) is 5.41 Å². The van der Waals surface area contributed by atoms with Crippen LogP contribution in [0.15, 0.2) is 0 Å². The van der Waals surface area contributed by atoms with Crippen LogP contribution in [-0.2, 0) is 9.47 Å². The first-order chi connectivity index (χ1) is 7.32. The molecule has 0 saturated carbocycles. The summed E-state index contributed by atoms with van der Waals surface area (Å²) in [5, 5.41) is 0. The van der Waals surface area contributed by atoms with Crippen LogP contribution in [0.3, 0.4) is 0 Å². The molecule has 0 bridgehead atoms. The highest BCUT2D eigenvalue weighted by atomic mass is 16.6. The molecular formula is C11H21NO2. The maximum absolute atomic E-state index is 8.21. The van der Waals surface area contributed by atoms with Crippen LogP contribution in [0, 0.1) is 5.41 Å². The Hall–Kier alpha value is -0.120. The summed E-state index contributed by atoms with van der Waals surface area (Å²) in [6.07, 6.45) is 0.0948. The summed E-state index contributed by atoms with van der Waals surface area (Å²) in [7, 11) is 0. The van der Waals surface area contributed by atoms with Crippen LogP contribution >= 0.6 is 0 Å². The van der Waals surface area contributed by atoms with Crippen LogP contribution in [0.4, 0.5) is 0 Å². The minimum atomic E-state index is -1.32. The summed E-state index contributed by atoms with van der Waals surface area (Å²) in [5.41, 5.74) is -0.402. The summed E-state index contributed by atoms with van der Waals surface area (Å²) in [4.78, 5) is 1.85. The van der Waals surface area contributed by atoms with Crippen LogP contribution in [0.2, 0.25) is 0 Å². The molecule has 0 spiro atoms. The number of fused-ring (bicyclic) bond motifs is 1. The Morgan fingerprint density at radius 2 is 1.71 bits per heavy atom. The first-order valence-electron chi connectivity index (χ1n) is 6.30. The molecule has 0 aromatic heterocycles. The summed E-state index contributed by atoms with van der Waals surface area (Å²) < 4.78 is 27.6. The molecule has 0 aliphatic carbocycles. The number of nitrogens with zero attached hydrogens (tertiary/aromatic N) is 1. The lowest BCUT2D eigenvalue weighted by atomic mass is 9.96. The van der Waals surface area contributed by atoms with Gasteiger partial charge in [0.2, 0.25) is 0 Å². The van der Waals surface area contributed by atoms with Crippen molar-refractivity contribution in [3.63, 3.8) is 0 Å². The van der Waals surface area contributed by atoms with Gasteiger partial charge in [-0.3, -0.25) is 4.90 Å². The molecule has 2 aliphatic heterocycles. The van der Waals surface area contributed by atoms with Gasteiger partial charge in [-0.25, -0.2) is 0 Å².